The Bertz CT molecular complexity index is 1740. The summed E-state index contributed by atoms with van der Waals surface area (Å²) in [5, 5.41) is 3.28. The van der Waals surface area contributed by atoms with E-state index >= 15 is 0 Å². The molecule has 4 amide bonds. The molecule has 0 atom stereocenters. The summed E-state index contributed by atoms with van der Waals surface area (Å²) in [6.45, 7) is 11.0. The lowest BCUT2D eigenvalue weighted by atomic mass is 9.92. The molecular formula is C37H40N4O4. The van der Waals surface area contributed by atoms with Crippen LogP contribution in [0.15, 0.2) is 72.8 Å². The molecule has 45 heavy (non-hydrogen) atoms. The number of likely N-dealkylation sites (N-methyl/N-ethyl adjacent to an activating group) is 1. The first-order valence-electron chi connectivity index (χ1n) is 15.7. The first-order chi connectivity index (χ1) is 21.5. The number of benzene rings is 4. The summed E-state index contributed by atoms with van der Waals surface area (Å²) in [7, 11) is 2.02. The van der Waals surface area contributed by atoms with Gasteiger partial charge >= 0.3 is 0 Å². The lowest BCUT2D eigenvalue weighted by molar-refractivity contribution is 0.0466. The zero-order valence-corrected chi connectivity index (χ0v) is 26.7. The van der Waals surface area contributed by atoms with E-state index in [9.17, 15) is 19.2 Å². The number of hydrogen-bond donors (Lipinski definition) is 0. The molecular weight excluding hydrogens is 564 g/mol. The monoisotopic (exact) mass is 604 g/mol. The summed E-state index contributed by atoms with van der Waals surface area (Å²) in [5.41, 5.74) is 1.83. The number of imide groups is 2. The topological polar surface area (TPSA) is 81.2 Å². The van der Waals surface area contributed by atoms with Gasteiger partial charge in [0, 0.05) is 64.2 Å². The number of carbonyl (C=O) groups excluding carboxylic acids is 4. The summed E-state index contributed by atoms with van der Waals surface area (Å²) in [4.78, 5) is 61.0. The zero-order chi connectivity index (χ0) is 32.0. The number of nitrogens with zero attached hydrogens (tertiary/aromatic N) is 4. The minimum atomic E-state index is -0.463. The molecule has 0 fully saturated rings. The number of amides is 4. The predicted molar refractivity (Wildman–Crippen MR) is 177 cm³/mol. The van der Waals surface area contributed by atoms with Crippen LogP contribution in [-0.2, 0) is 0 Å². The lowest BCUT2D eigenvalue weighted by Crippen LogP contribution is -2.54. The van der Waals surface area contributed by atoms with Crippen LogP contribution >= 0.6 is 0 Å². The molecule has 4 aromatic rings. The van der Waals surface area contributed by atoms with Crippen LogP contribution in [0.1, 0.15) is 75.5 Å². The summed E-state index contributed by atoms with van der Waals surface area (Å²) >= 11 is 0. The maximum atomic E-state index is 13.5. The summed E-state index contributed by atoms with van der Waals surface area (Å²) in [6.07, 6.45) is 0.839. The van der Waals surface area contributed by atoms with Crippen molar-refractivity contribution in [3.8, 4) is 0 Å². The van der Waals surface area contributed by atoms with E-state index in [4.69, 9.17) is 0 Å². The summed E-state index contributed by atoms with van der Waals surface area (Å²) in [5.74, 6) is -0.986. The summed E-state index contributed by atoms with van der Waals surface area (Å²) in [6, 6.07) is 22.6. The molecule has 0 aromatic heterocycles. The Balaban J connectivity index is 1.07. The van der Waals surface area contributed by atoms with Crippen LogP contribution in [0, 0.1) is 0 Å². The van der Waals surface area contributed by atoms with E-state index < -0.39 is 5.54 Å². The predicted octanol–water partition coefficient (Wildman–Crippen LogP) is 5.70. The first-order valence-corrected chi connectivity index (χ1v) is 15.7. The van der Waals surface area contributed by atoms with E-state index in [0.29, 0.717) is 35.3 Å². The molecule has 2 aliphatic heterocycles. The standard InChI is InChI=1S/C37H40N4O4/c1-24(2)39(21-22-40-33(42)27-15-6-11-25-12-7-16-28(31(25)27)34(40)43)20-10-19-38(5)37(3,4)23-41-35(44)29-17-8-13-26-14-9-18-30(32(26)29)36(41)45/h6-9,11-18,24H,10,19-23H2,1-5H3. The van der Waals surface area contributed by atoms with Gasteiger partial charge in [0.05, 0.1) is 0 Å². The average molecular weight is 605 g/mol. The molecule has 0 bridgehead atoms. The molecule has 0 radical (unpaired) electrons. The highest BCUT2D eigenvalue weighted by atomic mass is 16.2. The van der Waals surface area contributed by atoms with Gasteiger partial charge in [-0.25, -0.2) is 0 Å². The normalized spacial score (nSPS) is 15.1. The second kappa shape index (κ2) is 11.8. The van der Waals surface area contributed by atoms with Crippen molar-refractivity contribution >= 4 is 45.2 Å². The highest BCUT2D eigenvalue weighted by Crippen LogP contribution is 2.32. The van der Waals surface area contributed by atoms with Crippen molar-refractivity contribution in [3.63, 3.8) is 0 Å². The average Bonchev–Trinajstić information content (AvgIpc) is 3.03. The van der Waals surface area contributed by atoms with Crippen LogP contribution in [0.5, 0.6) is 0 Å². The second-order valence-corrected chi connectivity index (χ2v) is 13.1. The van der Waals surface area contributed by atoms with Crippen molar-refractivity contribution in [2.24, 2.45) is 0 Å². The summed E-state index contributed by atoms with van der Waals surface area (Å²) < 4.78 is 0. The van der Waals surface area contributed by atoms with Gasteiger partial charge in [-0.15, -0.1) is 0 Å². The van der Waals surface area contributed by atoms with Gasteiger partial charge in [0.1, 0.15) is 0 Å². The molecule has 0 saturated heterocycles. The minimum absolute atomic E-state index is 0.223. The van der Waals surface area contributed by atoms with Crippen molar-refractivity contribution in [2.45, 2.75) is 45.7 Å². The molecule has 8 heteroatoms. The van der Waals surface area contributed by atoms with Crippen LogP contribution in [0.3, 0.4) is 0 Å². The van der Waals surface area contributed by atoms with Crippen molar-refractivity contribution < 1.29 is 19.2 Å². The zero-order valence-electron chi connectivity index (χ0n) is 26.7. The Morgan fingerprint density at radius 3 is 1.47 bits per heavy atom. The quantitative estimate of drug-likeness (QED) is 0.205. The van der Waals surface area contributed by atoms with Gasteiger partial charge in [-0.2, -0.15) is 0 Å². The largest absolute Gasteiger partial charge is 0.299 e. The fourth-order valence-corrected chi connectivity index (χ4v) is 6.69. The molecule has 232 valence electrons. The molecule has 0 aliphatic carbocycles. The highest BCUT2D eigenvalue weighted by Gasteiger charge is 2.38. The van der Waals surface area contributed by atoms with E-state index in [1.54, 1.807) is 24.3 Å². The molecule has 0 spiro atoms. The van der Waals surface area contributed by atoms with E-state index in [0.717, 1.165) is 41.1 Å². The third-order valence-electron chi connectivity index (χ3n) is 9.57. The molecule has 0 N–H and O–H groups in total. The van der Waals surface area contributed by atoms with Crippen molar-refractivity contribution in [3.05, 3.63) is 95.1 Å². The van der Waals surface area contributed by atoms with Crippen molar-refractivity contribution in [2.75, 3.05) is 39.8 Å². The van der Waals surface area contributed by atoms with Gasteiger partial charge in [-0.3, -0.25) is 38.8 Å². The Hall–Kier alpha value is -4.40. The Labute approximate surface area is 264 Å². The molecule has 2 heterocycles. The van der Waals surface area contributed by atoms with E-state index in [1.807, 2.05) is 55.6 Å². The molecule has 4 aromatic carbocycles. The minimum Gasteiger partial charge on any atom is -0.299 e. The van der Waals surface area contributed by atoms with Gasteiger partial charge in [-0.05, 0) is 89.3 Å². The smallest absolute Gasteiger partial charge is 0.261 e. The Morgan fingerprint density at radius 2 is 1.04 bits per heavy atom. The van der Waals surface area contributed by atoms with Gasteiger partial charge in [0.2, 0.25) is 0 Å². The van der Waals surface area contributed by atoms with Gasteiger partial charge < -0.3 is 0 Å². The fraction of sp³-hybridized carbons (Fsp3) is 0.351. The van der Waals surface area contributed by atoms with Gasteiger partial charge in [0.25, 0.3) is 23.6 Å². The first kappa shape index (κ1) is 30.6. The highest BCUT2D eigenvalue weighted by molar-refractivity contribution is 6.26. The van der Waals surface area contributed by atoms with Gasteiger partial charge in [0.15, 0.2) is 0 Å². The number of carbonyl (C=O) groups is 4. The number of rotatable bonds is 11. The third kappa shape index (κ3) is 5.42. The van der Waals surface area contributed by atoms with Gasteiger partial charge in [-0.1, -0.05) is 48.5 Å². The fourth-order valence-electron chi connectivity index (χ4n) is 6.69. The van der Waals surface area contributed by atoms with Crippen LogP contribution in [0.25, 0.3) is 21.5 Å². The van der Waals surface area contributed by atoms with Crippen molar-refractivity contribution in [1.82, 2.24) is 19.6 Å². The van der Waals surface area contributed by atoms with E-state index in [1.165, 1.54) is 9.80 Å². The lowest BCUT2D eigenvalue weighted by Gasteiger charge is -2.40. The van der Waals surface area contributed by atoms with E-state index in [-0.39, 0.29) is 36.2 Å². The van der Waals surface area contributed by atoms with Crippen LogP contribution in [-0.4, -0.2) is 94.6 Å². The molecule has 0 saturated carbocycles. The number of hydrogen-bond acceptors (Lipinski definition) is 6. The van der Waals surface area contributed by atoms with Crippen LogP contribution in [0.4, 0.5) is 0 Å². The Kier molecular flexibility index (Phi) is 8.05. The van der Waals surface area contributed by atoms with E-state index in [2.05, 4.69) is 37.5 Å². The third-order valence-corrected chi connectivity index (χ3v) is 9.57. The molecule has 8 nitrogen and oxygen atoms in total. The maximum Gasteiger partial charge on any atom is 0.261 e. The molecule has 6 rings (SSSR count). The van der Waals surface area contributed by atoms with Crippen molar-refractivity contribution in [1.29, 1.82) is 0 Å². The SMILES string of the molecule is CC(C)N(CCCN(C)C(C)(C)CN1C(=O)c2cccc3cccc(c23)C1=O)CCN1C(=O)c2cccc3cccc(c23)C1=O. The maximum absolute atomic E-state index is 13.5. The van der Waals surface area contributed by atoms with Crippen LogP contribution < -0.4 is 0 Å². The Morgan fingerprint density at radius 1 is 0.622 bits per heavy atom. The molecule has 0 unspecified atom stereocenters. The molecule has 2 aliphatic rings. The second-order valence-electron chi connectivity index (χ2n) is 13.1. The van der Waals surface area contributed by atoms with Crippen LogP contribution in [0.2, 0.25) is 0 Å².